The van der Waals surface area contributed by atoms with Crippen LogP contribution >= 0.6 is 0 Å². The van der Waals surface area contributed by atoms with Gasteiger partial charge in [0.25, 0.3) is 6.23 Å². The molecule has 0 aromatic carbocycles. The van der Waals surface area contributed by atoms with Crippen LogP contribution in [-0.4, -0.2) is 69.2 Å². The van der Waals surface area contributed by atoms with Crippen LogP contribution in [0.5, 0.6) is 0 Å². The number of hydrogen-bond acceptors (Lipinski definition) is 6. The smallest absolute Gasteiger partial charge is 0.335 e. The van der Waals surface area contributed by atoms with E-state index < -0.39 is 43.6 Å². The zero-order valence-electron chi connectivity index (χ0n) is 15.9. The van der Waals surface area contributed by atoms with E-state index in [4.69, 9.17) is 8.85 Å². The summed E-state index contributed by atoms with van der Waals surface area (Å²) < 4.78 is 29.7. The first kappa shape index (κ1) is 13.7. The lowest BCUT2D eigenvalue weighted by Crippen LogP contribution is -2.63. The highest BCUT2D eigenvalue weighted by Gasteiger charge is 2.51. The van der Waals surface area contributed by atoms with E-state index in [1.165, 1.54) is 15.7 Å². The van der Waals surface area contributed by atoms with Crippen molar-refractivity contribution in [2.75, 3.05) is 13.5 Å². The maximum Gasteiger partial charge on any atom is 0.335 e. The first-order valence-electron chi connectivity index (χ1n) is 9.31. The van der Waals surface area contributed by atoms with Crippen molar-refractivity contribution in [2.45, 2.75) is 49.5 Å². The summed E-state index contributed by atoms with van der Waals surface area (Å²) in [5.74, 6) is -1.46. The minimum Gasteiger partial charge on any atom is -0.479 e. The molecular formula is C16H23N2O6+. The van der Waals surface area contributed by atoms with Crippen LogP contribution in [0.3, 0.4) is 0 Å². The summed E-state index contributed by atoms with van der Waals surface area (Å²) in [6, 6.07) is 3.03. The number of aromatic nitrogens is 1. The number of nitrogens with zero attached hydrogens (tertiary/aromatic N) is 2. The van der Waals surface area contributed by atoms with Gasteiger partial charge in [-0.25, -0.2) is 4.79 Å². The second-order valence-corrected chi connectivity index (χ2v) is 6.19. The van der Waals surface area contributed by atoms with Crippen LogP contribution in [0.15, 0.2) is 24.5 Å². The molecule has 0 aliphatic carbocycles. The van der Waals surface area contributed by atoms with Crippen molar-refractivity contribution in [1.82, 2.24) is 4.90 Å². The molecule has 2 aliphatic heterocycles. The highest BCUT2D eigenvalue weighted by molar-refractivity contribution is 5.73. The fourth-order valence-electron chi connectivity index (χ4n) is 3.29. The molecule has 1 aromatic rings. The molecule has 0 bridgehead atoms. The van der Waals surface area contributed by atoms with Crippen molar-refractivity contribution in [2.24, 2.45) is 0 Å². The average Bonchev–Trinajstić information content (AvgIpc) is 3.10. The standard InChI is InChI=1S/C16H22N2O6/c1-17-6-3-5-10(17)9-4-2-7-18(8-9)15-13(21)11(19)12(20)14(24-15)16(22)23/h2,4,7-8,10-15,19-21H,3,5-6H2,1H3/p+1/t10-,11-,12-,13+,14-,15+/m0/s1/i1D3. The highest BCUT2D eigenvalue weighted by Crippen LogP contribution is 2.30. The second kappa shape index (κ2) is 6.73. The summed E-state index contributed by atoms with van der Waals surface area (Å²) >= 11 is 0. The molecule has 0 amide bonds. The summed E-state index contributed by atoms with van der Waals surface area (Å²) in [4.78, 5) is 12.7. The Morgan fingerprint density at radius 1 is 1.38 bits per heavy atom. The minimum atomic E-state index is -2.24. The number of carbonyl (C=O) groups is 1. The van der Waals surface area contributed by atoms with Crippen LogP contribution in [0, 0.1) is 0 Å². The van der Waals surface area contributed by atoms with Gasteiger partial charge < -0.3 is 25.2 Å². The fourth-order valence-corrected chi connectivity index (χ4v) is 3.29. The van der Waals surface area contributed by atoms with E-state index in [0.717, 1.165) is 6.42 Å². The molecule has 3 heterocycles. The number of aliphatic hydroxyl groups excluding tert-OH is 3. The Hall–Kier alpha value is -1.58. The summed E-state index contributed by atoms with van der Waals surface area (Å²) in [6.45, 7) is -1.80. The van der Waals surface area contributed by atoms with Crippen molar-refractivity contribution in [3.05, 3.63) is 30.1 Å². The van der Waals surface area contributed by atoms with E-state index in [9.17, 15) is 25.2 Å². The van der Waals surface area contributed by atoms with Crippen LogP contribution in [0.1, 0.15) is 34.8 Å². The Morgan fingerprint density at radius 2 is 2.17 bits per heavy atom. The zero-order chi connectivity index (χ0) is 19.9. The van der Waals surface area contributed by atoms with Gasteiger partial charge in [0.1, 0.15) is 12.2 Å². The third-order valence-corrected chi connectivity index (χ3v) is 4.61. The number of carboxylic acids is 1. The lowest BCUT2D eigenvalue weighted by atomic mass is 9.97. The van der Waals surface area contributed by atoms with Gasteiger partial charge in [0.05, 0.1) is 0 Å². The lowest BCUT2D eigenvalue weighted by molar-refractivity contribution is -0.777. The Bertz CT molecular complexity index is 703. The molecule has 0 spiro atoms. The Kier molecular flexibility index (Phi) is 3.84. The molecule has 0 radical (unpaired) electrons. The van der Waals surface area contributed by atoms with Gasteiger partial charge in [-0.2, -0.15) is 4.57 Å². The summed E-state index contributed by atoms with van der Waals surface area (Å²) in [5.41, 5.74) is 0.675. The van der Waals surface area contributed by atoms with Crippen molar-refractivity contribution >= 4 is 5.97 Å². The summed E-state index contributed by atoms with van der Waals surface area (Å²) in [6.07, 6.45) is -3.49. The predicted molar refractivity (Wildman–Crippen MR) is 80.8 cm³/mol. The van der Waals surface area contributed by atoms with Crippen molar-refractivity contribution in [3.8, 4) is 0 Å². The molecule has 1 aromatic heterocycles. The quantitative estimate of drug-likeness (QED) is 0.511. The van der Waals surface area contributed by atoms with E-state index in [1.54, 1.807) is 18.3 Å². The summed E-state index contributed by atoms with van der Waals surface area (Å²) in [7, 11) is 0. The normalized spacial score (nSPS) is 39.9. The Morgan fingerprint density at radius 3 is 2.88 bits per heavy atom. The molecule has 8 nitrogen and oxygen atoms in total. The third-order valence-electron chi connectivity index (χ3n) is 4.61. The van der Waals surface area contributed by atoms with Crippen molar-refractivity contribution in [3.63, 3.8) is 0 Å². The van der Waals surface area contributed by atoms with Gasteiger partial charge in [-0.1, -0.05) is 0 Å². The molecule has 6 atom stereocenters. The van der Waals surface area contributed by atoms with Crippen LogP contribution in [0.25, 0.3) is 0 Å². The van der Waals surface area contributed by atoms with Gasteiger partial charge in [-0.3, -0.25) is 4.90 Å². The highest BCUT2D eigenvalue weighted by atomic mass is 16.6. The van der Waals surface area contributed by atoms with E-state index in [-0.39, 0.29) is 6.04 Å². The topological polar surface area (TPSA) is 114 Å². The van der Waals surface area contributed by atoms with Gasteiger partial charge in [0, 0.05) is 21.8 Å². The van der Waals surface area contributed by atoms with Gasteiger partial charge >= 0.3 is 5.97 Å². The largest absolute Gasteiger partial charge is 0.479 e. The molecule has 0 saturated carbocycles. The van der Waals surface area contributed by atoms with Crippen LogP contribution in [0.4, 0.5) is 0 Å². The molecule has 4 N–H and O–H groups in total. The molecule has 3 rings (SSSR count). The molecule has 2 saturated heterocycles. The van der Waals surface area contributed by atoms with E-state index in [0.29, 0.717) is 18.5 Å². The number of rotatable bonds is 3. The predicted octanol–water partition coefficient (Wildman–Crippen LogP) is -1.19. The maximum atomic E-state index is 11.3. The zero-order valence-corrected chi connectivity index (χ0v) is 12.9. The number of aliphatic carboxylic acids is 1. The third kappa shape index (κ3) is 3.03. The van der Waals surface area contributed by atoms with Crippen molar-refractivity contribution < 1.29 is 38.6 Å². The van der Waals surface area contributed by atoms with Gasteiger partial charge in [-0.05, 0) is 32.4 Å². The molecule has 2 aliphatic rings. The fraction of sp³-hybridized carbons (Fsp3) is 0.625. The van der Waals surface area contributed by atoms with E-state index >= 15 is 0 Å². The van der Waals surface area contributed by atoms with Crippen molar-refractivity contribution in [1.29, 1.82) is 0 Å². The SMILES string of the molecule is [2H]C([2H])([2H])N1CCC[C@H]1c1ccc[n+]([C@@H]2O[C@H](C(=O)O)[C@@H](O)[C@H](O)[C@H]2O)c1. The lowest BCUT2D eigenvalue weighted by Gasteiger charge is -2.35. The molecule has 0 unspecified atom stereocenters. The maximum absolute atomic E-state index is 11.3. The number of aliphatic hydroxyl groups is 3. The van der Waals surface area contributed by atoms with Gasteiger partial charge in [0.2, 0.25) is 0 Å². The monoisotopic (exact) mass is 342 g/mol. The first-order chi connectivity index (χ1) is 12.6. The number of ether oxygens (including phenoxy) is 1. The second-order valence-electron chi connectivity index (χ2n) is 6.19. The average molecular weight is 342 g/mol. The molecule has 2 fully saturated rings. The summed E-state index contributed by atoms with van der Waals surface area (Å²) in [5, 5.41) is 39.2. The first-order valence-corrected chi connectivity index (χ1v) is 7.81. The molecular weight excluding hydrogens is 316 g/mol. The van der Waals surface area contributed by atoms with Gasteiger partial charge in [0.15, 0.2) is 24.6 Å². The van der Waals surface area contributed by atoms with E-state index in [1.807, 2.05) is 0 Å². The van der Waals surface area contributed by atoms with Crippen LogP contribution in [-0.2, 0) is 9.53 Å². The van der Waals surface area contributed by atoms with Crippen LogP contribution < -0.4 is 4.57 Å². The molecule has 24 heavy (non-hydrogen) atoms. The Balaban J connectivity index is 1.90. The number of pyridine rings is 1. The number of carboxylic acid groups (broad SMARTS) is 1. The van der Waals surface area contributed by atoms with E-state index in [2.05, 4.69) is 0 Å². The molecule has 132 valence electrons. The van der Waals surface area contributed by atoms with Gasteiger partial charge in [-0.15, -0.1) is 0 Å². The van der Waals surface area contributed by atoms with Crippen LogP contribution in [0.2, 0.25) is 0 Å². The number of likely N-dealkylation sites (tertiary alicyclic amines) is 1. The minimum absolute atomic E-state index is 0.350. The molecule has 8 heteroatoms. The number of hydrogen-bond donors (Lipinski definition) is 4. The Labute approximate surface area is 143 Å².